The first kappa shape index (κ1) is 17.7. The van der Waals surface area contributed by atoms with E-state index in [9.17, 15) is 22.0 Å². The number of alkyl halides is 3. The van der Waals surface area contributed by atoms with Gasteiger partial charge in [-0.25, -0.2) is 8.78 Å². The van der Waals surface area contributed by atoms with Gasteiger partial charge in [0.2, 0.25) is 5.75 Å². The van der Waals surface area contributed by atoms with Gasteiger partial charge >= 0.3 is 6.36 Å². The molecule has 1 unspecified atom stereocenters. The molecule has 25 heavy (non-hydrogen) atoms. The van der Waals surface area contributed by atoms with E-state index < -0.39 is 23.7 Å². The average Bonchev–Trinajstić information content (AvgIpc) is 2.56. The fraction of sp³-hybridized carbons (Fsp3) is 0.368. The monoisotopic (exact) mass is 356 g/mol. The van der Waals surface area contributed by atoms with Crippen LogP contribution in [0.15, 0.2) is 30.3 Å². The predicted molar refractivity (Wildman–Crippen MR) is 84.3 cm³/mol. The van der Waals surface area contributed by atoms with Crippen LogP contribution >= 0.6 is 0 Å². The van der Waals surface area contributed by atoms with Crippen LogP contribution in [0.3, 0.4) is 0 Å². The number of ether oxygens (including phenoxy) is 1. The molecule has 0 saturated heterocycles. The molecule has 2 aromatic rings. The Morgan fingerprint density at radius 2 is 1.68 bits per heavy atom. The molecule has 1 aliphatic rings. The van der Waals surface area contributed by atoms with E-state index >= 15 is 0 Å². The Morgan fingerprint density at radius 3 is 2.28 bits per heavy atom. The molecule has 134 valence electrons. The van der Waals surface area contributed by atoms with Crippen molar-refractivity contribution in [3.63, 3.8) is 0 Å². The topological polar surface area (TPSA) is 9.23 Å². The summed E-state index contributed by atoms with van der Waals surface area (Å²) >= 11 is 0. The quantitative estimate of drug-likeness (QED) is 0.609. The second-order valence-corrected chi connectivity index (χ2v) is 6.32. The lowest BCUT2D eigenvalue weighted by atomic mass is 9.81. The molecule has 0 aliphatic heterocycles. The summed E-state index contributed by atoms with van der Waals surface area (Å²) in [5.41, 5.74) is 3.11. The molecule has 0 radical (unpaired) electrons. The van der Waals surface area contributed by atoms with Gasteiger partial charge in [-0.15, -0.1) is 13.2 Å². The third kappa shape index (κ3) is 3.94. The molecule has 0 saturated carbocycles. The number of rotatable bonds is 3. The highest BCUT2D eigenvalue weighted by Crippen LogP contribution is 2.35. The van der Waals surface area contributed by atoms with Crippen molar-refractivity contribution in [1.29, 1.82) is 0 Å². The molecule has 6 heteroatoms. The summed E-state index contributed by atoms with van der Waals surface area (Å²) in [4.78, 5) is 0. The van der Waals surface area contributed by atoms with Crippen LogP contribution in [0.25, 0.3) is 11.1 Å². The van der Waals surface area contributed by atoms with Gasteiger partial charge in [0.1, 0.15) is 0 Å². The molecule has 0 aromatic heterocycles. The van der Waals surface area contributed by atoms with Crippen molar-refractivity contribution in [1.82, 2.24) is 0 Å². The highest BCUT2D eigenvalue weighted by molar-refractivity contribution is 5.66. The number of halogens is 5. The van der Waals surface area contributed by atoms with Gasteiger partial charge in [-0.1, -0.05) is 31.5 Å². The third-order valence-corrected chi connectivity index (χ3v) is 4.66. The molecule has 1 aliphatic carbocycles. The van der Waals surface area contributed by atoms with E-state index in [1.807, 2.05) is 12.1 Å². The van der Waals surface area contributed by atoms with Crippen molar-refractivity contribution in [2.24, 2.45) is 5.92 Å². The van der Waals surface area contributed by atoms with E-state index in [2.05, 4.69) is 11.7 Å². The minimum Gasteiger partial charge on any atom is -0.399 e. The largest absolute Gasteiger partial charge is 0.573 e. The zero-order valence-electron chi connectivity index (χ0n) is 13.6. The average molecular weight is 356 g/mol. The second-order valence-electron chi connectivity index (χ2n) is 6.32. The van der Waals surface area contributed by atoms with E-state index in [0.29, 0.717) is 11.5 Å². The highest BCUT2D eigenvalue weighted by Gasteiger charge is 2.34. The van der Waals surface area contributed by atoms with Crippen molar-refractivity contribution in [3.05, 3.63) is 53.1 Å². The first-order chi connectivity index (χ1) is 11.8. The van der Waals surface area contributed by atoms with Crippen LogP contribution in [0.1, 0.15) is 30.9 Å². The second kappa shape index (κ2) is 6.65. The van der Waals surface area contributed by atoms with Gasteiger partial charge in [0, 0.05) is 0 Å². The van der Waals surface area contributed by atoms with E-state index in [4.69, 9.17) is 0 Å². The Morgan fingerprint density at radius 1 is 1.00 bits per heavy atom. The number of hydrogen-bond donors (Lipinski definition) is 0. The zero-order valence-corrected chi connectivity index (χ0v) is 13.6. The third-order valence-electron chi connectivity index (χ3n) is 4.66. The molecule has 0 heterocycles. The van der Waals surface area contributed by atoms with Gasteiger partial charge < -0.3 is 4.74 Å². The summed E-state index contributed by atoms with van der Waals surface area (Å²) in [6.07, 6.45) is -1.10. The van der Waals surface area contributed by atoms with Crippen molar-refractivity contribution < 1.29 is 26.7 Å². The molecular formula is C19H17F5O. The van der Waals surface area contributed by atoms with Crippen LogP contribution in [0, 0.1) is 17.6 Å². The summed E-state index contributed by atoms with van der Waals surface area (Å²) in [5.74, 6) is -3.54. The van der Waals surface area contributed by atoms with Gasteiger partial charge in [0.15, 0.2) is 11.6 Å². The molecule has 0 N–H and O–H groups in total. The maximum atomic E-state index is 13.9. The fourth-order valence-corrected chi connectivity index (χ4v) is 3.30. The first-order valence-corrected chi connectivity index (χ1v) is 8.13. The summed E-state index contributed by atoms with van der Waals surface area (Å²) in [6, 6.07) is 7.27. The Bertz CT molecular complexity index is 759. The Kier molecular flexibility index (Phi) is 4.71. The van der Waals surface area contributed by atoms with Gasteiger partial charge in [-0.05, 0) is 59.6 Å². The highest BCUT2D eigenvalue weighted by atomic mass is 19.4. The van der Waals surface area contributed by atoms with Crippen molar-refractivity contribution in [3.8, 4) is 16.9 Å². The van der Waals surface area contributed by atoms with Crippen LogP contribution < -0.4 is 4.74 Å². The predicted octanol–water partition coefficient (Wildman–Crippen LogP) is 6.05. The van der Waals surface area contributed by atoms with Gasteiger partial charge in [0.25, 0.3) is 0 Å². The number of aryl methyl sites for hydroxylation is 1. The normalized spacial score (nSPS) is 17.3. The number of benzene rings is 2. The van der Waals surface area contributed by atoms with Crippen LogP contribution in [-0.2, 0) is 12.8 Å². The van der Waals surface area contributed by atoms with Gasteiger partial charge in [0.05, 0.1) is 0 Å². The van der Waals surface area contributed by atoms with E-state index in [1.54, 1.807) is 6.07 Å². The summed E-state index contributed by atoms with van der Waals surface area (Å²) in [5, 5.41) is 0. The molecule has 1 atom stereocenters. The first-order valence-electron chi connectivity index (χ1n) is 8.13. The Balaban J connectivity index is 1.93. The molecule has 0 bridgehead atoms. The lowest BCUT2D eigenvalue weighted by Gasteiger charge is -2.24. The van der Waals surface area contributed by atoms with Gasteiger partial charge in [-0.3, -0.25) is 0 Å². The molecule has 3 rings (SSSR count). The fourth-order valence-electron chi connectivity index (χ4n) is 3.30. The Hall–Kier alpha value is -2.11. The van der Waals surface area contributed by atoms with E-state index in [-0.39, 0.29) is 5.56 Å². The molecular weight excluding hydrogens is 339 g/mol. The maximum absolute atomic E-state index is 13.9. The van der Waals surface area contributed by atoms with Crippen LogP contribution in [0.4, 0.5) is 22.0 Å². The van der Waals surface area contributed by atoms with Crippen molar-refractivity contribution in [2.75, 3.05) is 0 Å². The van der Waals surface area contributed by atoms with Crippen LogP contribution in [-0.4, -0.2) is 6.36 Å². The Labute approximate surface area is 142 Å². The van der Waals surface area contributed by atoms with E-state index in [1.165, 1.54) is 5.56 Å². The summed E-state index contributed by atoms with van der Waals surface area (Å²) in [7, 11) is 0. The molecule has 0 fully saturated rings. The van der Waals surface area contributed by atoms with Crippen LogP contribution in [0.5, 0.6) is 5.75 Å². The maximum Gasteiger partial charge on any atom is 0.573 e. The summed E-state index contributed by atoms with van der Waals surface area (Å²) < 4.78 is 67.9. The van der Waals surface area contributed by atoms with Crippen LogP contribution in [0.2, 0.25) is 0 Å². The number of hydrogen-bond acceptors (Lipinski definition) is 1. The zero-order chi connectivity index (χ0) is 18.2. The number of fused-ring (bicyclic) bond motifs is 1. The molecule has 1 nitrogen and oxygen atoms in total. The lowest BCUT2D eigenvalue weighted by Crippen LogP contribution is -2.19. The molecule has 2 aromatic carbocycles. The lowest BCUT2D eigenvalue weighted by molar-refractivity contribution is -0.276. The molecule has 0 amide bonds. The van der Waals surface area contributed by atoms with Crippen molar-refractivity contribution >= 4 is 0 Å². The smallest absolute Gasteiger partial charge is 0.399 e. The van der Waals surface area contributed by atoms with Gasteiger partial charge in [-0.2, -0.15) is 0 Å². The summed E-state index contributed by atoms with van der Waals surface area (Å²) in [6.45, 7) is 2.15. The van der Waals surface area contributed by atoms with Crippen molar-refractivity contribution in [2.45, 2.75) is 39.0 Å². The van der Waals surface area contributed by atoms with E-state index in [0.717, 1.165) is 43.4 Å². The standard InChI is InChI=1S/C19H17F5O/c1-2-11-3-4-13-8-14(6-5-12(13)7-11)15-9-16(20)18(17(21)10-15)25-19(22,23)24/h5-6,8-11H,2-4,7H2,1H3. The molecule has 0 spiro atoms. The minimum absolute atomic E-state index is 0.185. The minimum atomic E-state index is -5.15. The SMILES string of the molecule is CCC1CCc2cc(-c3cc(F)c(OC(F)(F)F)c(F)c3)ccc2C1.